The van der Waals surface area contributed by atoms with Gasteiger partial charge in [0.2, 0.25) is 0 Å². The number of hydrogen-bond acceptors (Lipinski definition) is 1. The number of amidine groups is 1. The molecule has 0 N–H and O–H groups in total. The summed E-state index contributed by atoms with van der Waals surface area (Å²) in [5, 5.41) is 0. The van der Waals surface area contributed by atoms with Crippen LogP contribution in [0.1, 0.15) is 6.92 Å². The minimum Gasteiger partial charge on any atom is -0.274 e. The van der Waals surface area contributed by atoms with Crippen LogP contribution in [0.4, 0.5) is 0 Å². The third-order valence-electron chi connectivity index (χ3n) is 0.742. The number of allylic oxidation sites excluding steroid dienone is 2. The maximum atomic E-state index is 3.81. The molecule has 48 valence electrons. The van der Waals surface area contributed by atoms with Crippen LogP contribution in [0, 0.1) is 0 Å². The molecule has 0 aromatic heterocycles. The molecule has 0 heterocycles. The fourth-order valence-corrected chi connectivity index (χ4v) is 0.233. The van der Waals surface area contributed by atoms with E-state index in [0.29, 0.717) is 5.84 Å². The molecule has 0 fully saturated rings. The van der Waals surface area contributed by atoms with Crippen molar-refractivity contribution in [2.24, 2.45) is 9.98 Å². The van der Waals surface area contributed by atoms with Gasteiger partial charge in [0, 0.05) is 7.05 Å². The Bertz CT molecular complexity index is 171. The molecule has 9 heavy (non-hydrogen) atoms. The van der Waals surface area contributed by atoms with Crippen molar-refractivity contribution in [3.05, 3.63) is 18.7 Å². The molecule has 0 amide bonds. The largest absolute Gasteiger partial charge is 0.274 e. The zero-order valence-corrected chi connectivity index (χ0v) is 5.76. The van der Waals surface area contributed by atoms with Crippen molar-refractivity contribution >= 4 is 11.7 Å². The molecule has 0 unspecified atom stereocenters. The molecule has 0 radical (unpaired) electrons. The van der Waals surface area contributed by atoms with E-state index < -0.39 is 0 Å². The number of nitrogens with zero attached hydrogens (tertiary/aromatic N) is 2. The zero-order valence-electron chi connectivity index (χ0n) is 5.76. The molecule has 0 aromatic carbocycles. The first-order valence-electron chi connectivity index (χ1n) is 2.65. The fourth-order valence-electron chi connectivity index (χ4n) is 0.233. The van der Waals surface area contributed by atoms with Gasteiger partial charge < -0.3 is 0 Å². The first kappa shape index (κ1) is 7.86. The van der Waals surface area contributed by atoms with E-state index >= 15 is 0 Å². The average Bonchev–Trinajstić information content (AvgIpc) is 1.89. The van der Waals surface area contributed by atoms with Gasteiger partial charge >= 0.3 is 0 Å². The van der Waals surface area contributed by atoms with Gasteiger partial charge in [-0.05, 0) is 18.9 Å². The summed E-state index contributed by atoms with van der Waals surface area (Å²) in [5.41, 5.74) is 0. The molecule has 0 atom stereocenters. The molecule has 0 aliphatic rings. The second-order valence-electron chi connectivity index (χ2n) is 1.41. The lowest BCUT2D eigenvalue weighted by Crippen LogP contribution is -1.80. The Kier molecular flexibility index (Phi) is 4.37. The summed E-state index contributed by atoms with van der Waals surface area (Å²) in [7, 11) is 1.69. The van der Waals surface area contributed by atoms with E-state index in [1.54, 1.807) is 19.2 Å². The van der Waals surface area contributed by atoms with Gasteiger partial charge in [0.1, 0.15) is 5.84 Å². The van der Waals surface area contributed by atoms with Crippen LogP contribution in [0.3, 0.4) is 0 Å². The summed E-state index contributed by atoms with van der Waals surface area (Å²) in [4.78, 5) is 7.60. The van der Waals surface area contributed by atoms with Crippen molar-refractivity contribution in [1.29, 1.82) is 0 Å². The molecule has 0 rings (SSSR count). The van der Waals surface area contributed by atoms with Crippen molar-refractivity contribution in [3.8, 4) is 0 Å². The van der Waals surface area contributed by atoms with Crippen molar-refractivity contribution in [3.63, 3.8) is 0 Å². The molecule has 2 nitrogen and oxygen atoms in total. The zero-order chi connectivity index (χ0) is 7.11. The van der Waals surface area contributed by atoms with Gasteiger partial charge in [-0.15, -0.1) is 0 Å². The summed E-state index contributed by atoms with van der Waals surface area (Å²) in [6, 6.07) is 0. The quantitative estimate of drug-likeness (QED) is 0.285. The topological polar surface area (TPSA) is 24.7 Å². The van der Waals surface area contributed by atoms with E-state index in [4.69, 9.17) is 0 Å². The van der Waals surface area contributed by atoms with Gasteiger partial charge in [0.15, 0.2) is 0 Å². The molecule has 0 saturated heterocycles. The Morgan fingerprint density at radius 3 is 2.78 bits per heavy atom. The lowest BCUT2D eigenvalue weighted by molar-refractivity contribution is 1.39. The number of rotatable bonds is 1. The highest BCUT2D eigenvalue weighted by Crippen LogP contribution is 1.72. The van der Waals surface area contributed by atoms with E-state index in [1.807, 2.05) is 6.92 Å². The van der Waals surface area contributed by atoms with Crippen LogP contribution in [0.25, 0.3) is 0 Å². The molecule has 0 bridgehead atoms. The monoisotopic (exact) mass is 122 g/mol. The third-order valence-corrected chi connectivity index (χ3v) is 0.742. The van der Waals surface area contributed by atoms with Crippen LogP contribution in [-0.2, 0) is 0 Å². The molecular weight excluding hydrogens is 112 g/mol. The van der Waals surface area contributed by atoms with Crippen LogP contribution < -0.4 is 0 Å². The highest BCUT2D eigenvalue weighted by molar-refractivity contribution is 5.86. The van der Waals surface area contributed by atoms with Gasteiger partial charge in [-0.25, -0.2) is 0 Å². The smallest absolute Gasteiger partial charge is 0.129 e. The van der Waals surface area contributed by atoms with Crippen LogP contribution in [-0.4, -0.2) is 18.8 Å². The van der Waals surface area contributed by atoms with Gasteiger partial charge in [0.05, 0.1) is 0 Å². The Morgan fingerprint density at radius 2 is 2.33 bits per heavy atom. The van der Waals surface area contributed by atoms with Crippen molar-refractivity contribution in [2.75, 3.05) is 7.05 Å². The molecule has 2 heteroatoms. The minimum absolute atomic E-state index is 0.716. The lowest BCUT2D eigenvalue weighted by Gasteiger charge is -1.78. The summed E-state index contributed by atoms with van der Waals surface area (Å²) in [6.45, 7) is 5.27. The average molecular weight is 122 g/mol. The first-order chi connectivity index (χ1) is 4.31. The van der Waals surface area contributed by atoms with Gasteiger partial charge in [0.25, 0.3) is 0 Å². The van der Waals surface area contributed by atoms with Crippen LogP contribution >= 0.6 is 0 Å². The van der Waals surface area contributed by atoms with Gasteiger partial charge in [-0.1, -0.05) is 12.7 Å². The Morgan fingerprint density at radius 1 is 1.67 bits per heavy atom. The minimum atomic E-state index is 0.716. The second-order valence-corrected chi connectivity index (χ2v) is 1.41. The van der Waals surface area contributed by atoms with Crippen molar-refractivity contribution in [2.45, 2.75) is 6.92 Å². The molecule has 0 aromatic rings. The fraction of sp³-hybridized carbons (Fsp3) is 0.286. The van der Waals surface area contributed by atoms with E-state index in [2.05, 4.69) is 22.4 Å². The number of aliphatic imine (C=N–C) groups is 2. The Labute approximate surface area is 55.3 Å². The van der Waals surface area contributed by atoms with E-state index in [1.165, 1.54) is 0 Å². The van der Waals surface area contributed by atoms with E-state index in [0.717, 1.165) is 0 Å². The second kappa shape index (κ2) is 5.01. The van der Waals surface area contributed by atoms with Crippen LogP contribution in [0.15, 0.2) is 28.7 Å². The highest BCUT2D eigenvalue weighted by atomic mass is 14.9. The van der Waals surface area contributed by atoms with Gasteiger partial charge in [-0.2, -0.15) is 4.99 Å². The normalized spacial score (nSPS) is 9.78. The highest BCUT2D eigenvalue weighted by Gasteiger charge is 1.73. The summed E-state index contributed by atoms with van der Waals surface area (Å²) >= 11 is 0. The standard InChI is InChI=1S/C7H10N2/c1-4-5-6-9-7(2)8-3/h4-5H,1H2,2-3H3/b8-7-. The molecule has 0 aliphatic carbocycles. The van der Waals surface area contributed by atoms with Gasteiger partial charge in [-0.3, -0.25) is 4.99 Å². The molecular formula is C7H10N2. The maximum Gasteiger partial charge on any atom is 0.129 e. The maximum absolute atomic E-state index is 3.81. The summed E-state index contributed by atoms with van der Waals surface area (Å²) < 4.78 is 0. The predicted molar refractivity (Wildman–Crippen MR) is 41.2 cm³/mol. The van der Waals surface area contributed by atoms with Crippen LogP contribution in [0.5, 0.6) is 0 Å². The predicted octanol–water partition coefficient (Wildman–Crippen LogP) is 1.45. The lowest BCUT2D eigenvalue weighted by atomic mass is 10.6. The van der Waals surface area contributed by atoms with Crippen molar-refractivity contribution < 1.29 is 0 Å². The Hall–Kier alpha value is -1.14. The van der Waals surface area contributed by atoms with Crippen molar-refractivity contribution in [1.82, 2.24) is 0 Å². The molecule has 0 spiro atoms. The third kappa shape index (κ3) is 4.72. The SMILES string of the molecule is C=CC=C=N/C(C)=N\C. The van der Waals surface area contributed by atoms with Crippen LogP contribution in [0.2, 0.25) is 0 Å². The van der Waals surface area contributed by atoms with E-state index in [-0.39, 0.29) is 0 Å². The summed E-state index contributed by atoms with van der Waals surface area (Å²) in [5.74, 6) is 3.35. The van der Waals surface area contributed by atoms with E-state index in [9.17, 15) is 0 Å². The summed E-state index contributed by atoms with van der Waals surface area (Å²) in [6.07, 6.45) is 3.25. The Balaban J connectivity index is 3.99. The first-order valence-corrected chi connectivity index (χ1v) is 2.65. The molecule has 0 aliphatic heterocycles. The molecule has 0 saturated carbocycles. The number of hydrogen-bond donors (Lipinski definition) is 0.